The molecule has 2 aromatic rings. The summed E-state index contributed by atoms with van der Waals surface area (Å²) >= 11 is 1.89. The molecule has 20 heavy (non-hydrogen) atoms. The van der Waals surface area contributed by atoms with Gasteiger partial charge in [-0.1, -0.05) is 42.5 Å². The molecule has 0 aliphatic carbocycles. The molecule has 0 radical (unpaired) electrons. The molecule has 0 spiro atoms. The van der Waals surface area contributed by atoms with Gasteiger partial charge in [-0.15, -0.1) is 11.8 Å². The maximum atomic E-state index is 4.19. The Morgan fingerprint density at radius 1 is 1.05 bits per heavy atom. The first-order valence-corrected chi connectivity index (χ1v) is 7.76. The van der Waals surface area contributed by atoms with Crippen LogP contribution >= 0.6 is 11.8 Å². The molecular weight excluding hydrogens is 264 g/mol. The third-order valence-corrected chi connectivity index (χ3v) is 4.07. The fourth-order valence-corrected chi connectivity index (χ4v) is 2.86. The molecule has 3 heteroatoms. The Balaban J connectivity index is 1.86. The van der Waals surface area contributed by atoms with Gasteiger partial charge in [0.15, 0.2) is 0 Å². The van der Waals surface area contributed by atoms with Crippen LogP contribution in [0.2, 0.25) is 0 Å². The fourth-order valence-electron chi connectivity index (χ4n) is 1.96. The monoisotopic (exact) mass is 284 g/mol. The molecule has 2 aromatic carbocycles. The smallest absolute Gasteiger partial charge is 0.0644 e. The van der Waals surface area contributed by atoms with Crippen LogP contribution in [0.4, 0.5) is 0 Å². The molecule has 2 rings (SSSR count). The summed E-state index contributed by atoms with van der Waals surface area (Å²) in [6.07, 6.45) is 1.10. The molecule has 0 bridgehead atoms. The van der Waals surface area contributed by atoms with E-state index in [4.69, 9.17) is 0 Å². The van der Waals surface area contributed by atoms with E-state index in [9.17, 15) is 0 Å². The molecule has 0 heterocycles. The van der Waals surface area contributed by atoms with E-state index in [1.165, 1.54) is 10.5 Å². The number of hydrogen-bond donors (Lipinski definition) is 1. The van der Waals surface area contributed by atoms with Gasteiger partial charge in [0.1, 0.15) is 0 Å². The zero-order chi connectivity index (χ0) is 14.2. The lowest BCUT2D eigenvalue weighted by Crippen LogP contribution is -2.02. The van der Waals surface area contributed by atoms with Crippen LogP contribution in [-0.4, -0.2) is 18.5 Å². The summed E-state index contributed by atoms with van der Waals surface area (Å²) in [6.45, 7) is 2.01. The predicted molar refractivity (Wildman–Crippen MR) is 88.6 cm³/mol. The van der Waals surface area contributed by atoms with E-state index < -0.39 is 0 Å². The molecule has 0 amide bonds. The molecule has 0 aliphatic rings. The zero-order valence-electron chi connectivity index (χ0n) is 12.0. The van der Waals surface area contributed by atoms with Crippen LogP contribution in [0.25, 0.3) is 0 Å². The minimum atomic E-state index is 1.01. The van der Waals surface area contributed by atoms with E-state index in [0.29, 0.717) is 0 Å². The van der Waals surface area contributed by atoms with Crippen LogP contribution in [0.15, 0.2) is 64.6 Å². The first-order valence-electron chi connectivity index (χ1n) is 6.78. The second-order valence-corrected chi connectivity index (χ2v) is 5.70. The number of nitrogens with zero attached hydrogens (tertiary/aromatic N) is 1. The second-order valence-electron chi connectivity index (χ2n) is 4.53. The second kappa shape index (κ2) is 7.75. The highest BCUT2D eigenvalue weighted by molar-refractivity contribution is 7.99. The van der Waals surface area contributed by atoms with Gasteiger partial charge in [-0.2, -0.15) is 5.10 Å². The summed E-state index contributed by atoms with van der Waals surface area (Å²) in [7, 11) is 1.82. The van der Waals surface area contributed by atoms with E-state index in [2.05, 4.69) is 65.1 Å². The van der Waals surface area contributed by atoms with Gasteiger partial charge in [0, 0.05) is 17.7 Å². The lowest BCUT2D eigenvalue weighted by atomic mass is 10.1. The normalized spacial score (nSPS) is 11.4. The Kier molecular flexibility index (Phi) is 5.69. The third-order valence-electron chi connectivity index (χ3n) is 3.05. The van der Waals surface area contributed by atoms with Crippen LogP contribution in [0.5, 0.6) is 0 Å². The van der Waals surface area contributed by atoms with E-state index in [-0.39, 0.29) is 0 Å². The molecule has 0 unspecified atom stereocenters. The largest absolute Gasteiger partial charge is 0.313 e. The first-order chi connectivity index (χ1) is 9.79. The molecule has 1 N–H and O–H groups in total. The van der Waals surface area contributed by atoms with Crippen molar-refractivity contribution in [3.63, 3.8) is 0 Å². The van der Waals surface area contributed by atoms with E-state index >= 15 is 0 Å². The van der Waals surface area contributed by atoms with Crippen LogP contribution < -0.4 is 5.43 Å². The van der Waals surface area contributed by atoms with E-state index in [1.54, 1.807) is 0 Å². The van der Waals surface area contributed by atoms with Crippen molar-refractivity contribution in [2.24, 2.45) is 5.10 Å². The number of thioether (sulfide) groups is 1. The number of benzene rings is 2. The molecular formula is C17H20N2S. The number of hydrogen-bond acceptors (Lipinski definition) is 3. The van der Waals surface area contributed by atoms with Crippen molar-refractivity contribution < 1.29 is 0 Å². The highest BCUT2D eigenvalue weighted by atomic mass is 32.2. The Bertz CT molecular complexity index is 547. The molecule has 2 nitrogen and oxygen atoms in total. The number of rotatable bonds is 6. The first kappa shape index (κ1) is 14.7. The average molecular weight is 284 g/mol. The predicted octanol–water partition coefficient (Wildman–Crippen LogP) is 3.96. The summed E-state index contributed by atoms with van der Waals surface area (Å²) in [4.78, 5) is 1.31. The number of hydrazone groups is 1. The van der Waals surface area contributed by atoms with Crippen LogP contribution in [0, 0.1) is 0 Å². The van der Waals surface area contributed by atoms with E-state index in [0.717, 1.165) is 23.4 Å². The average Bonchev–Trinajstić information content (AvgIpc) is 2.49. The summed E-state index contributed by atoms with van der Waals surface area (Å²) in [5, 5.41) is 4.19. The van der Waals surface area contributed by atoms with Crippen LogP contribution in [0.3, 0.4) is 0 Å². The summed E-state index contributed by atoms with van der Waals surface area (Å²) in [5.41, 5.74) is 6.38. The van der Waals surface area contributed by atoms with Gasteiger partial charge in [0.25, 0.3) is 0 Å². The zero-order valence-corrected chi connectivity index (χ0v) is 12.8. The van der Waals surface area contributed by atoms with Crippen molar-refractivity contribution in [1.82, 2.24) is 5.43 Å². The summed E-state index contributed by atoms with van der Waals surface area (Å²) < 4.78 is 0. The lowest BCUT2D eigenvalue weighted by Gasteiger charge is -2.04. The Labute approximate surface area is 125 Å². The lowest BCUT2D eigenvalue weighted by molar-refractivity contribution is 0.899. The number of aryl methyl sites for hydroxylation is 1. The quantitative estimate of drug-likeness (QED) is 0.493. The Hall–Kier alpha value is -1.74. The van der Waals surface area contributed by atoms with Crippen LogP contribution in [0.1, 0.15) is 18.1 Å². The molecule has 0 atom stereocenters. The molecule has 0 saturated carbocycles. The van der Waals surface area contributed by atoms with Gasteiger partial charge in [0.05, 0.1) is 5.71 Å². The molecule has 0 aromatic heterocycles. The van der Waals surface area contributed by atoms with Crippen molar-refractivity contribution in [3.8, 4) is 0 Å². The fraction of sp³-hybridized carbons (Fsp3) is 0.235. The maximum absolute atomic E-state index is 4.19. The van der Waals surface area contributed by atoms with Gasteiger partial charge >= 0.3 is 0 Å². The summed E-state index contributed by atoms with van der Waals surface area (Å²) in [5.74, 6) is 1.10. The van der Waals surface area contributed by atoms with Crippen molar-refractivity contribution in [2.75, 3.05) is 12.8 Å². The molecule has 0 aliphatic heterocycles. The van der Waals surface area contributed by atoms with Crippen molar-refractivity contribution in [2.45, 2.75) is 18.2 Å². The topological polar surface area (TPSA) is 24.4 Å². The van der Waals surface area contributed by atoms with Crippen molar-refractivity contribution in [3.05, 3.63) is 65.7 Å². The highest BCUT2D eigenvalue weighted by Crippen LogP contribution is 2.20. The SMILES string of the molecule is CN/N=C(\C)c1ccc(SCCc2ccccc2)cc1. The maximum Gasteiger partial charge on any atom is 0.0644 e. The van der Waals surface area contributed by atoms with Gasteiger partial charge in [-0.05, 0) is 36.6 Å². The van der Waals surface area contributed by atoms with Gasteiger partial charge < -0.3 is 5.43 Å². The minimum Gasteiger partial charge on any atom is -0.313 e. The van der Waals surface area contributed by atoms with Crippen molar-refractivity contribution in [1.29, 1.82) is 0 Å². The Morgan fingerprint density at radius 3 is 2.40 bits per heavy atom. The molecule has 0 fully saturated rings. The molecule has 0 saturated heterocycles. The minimum absolute atomic E-state index is 1.01. The van der Waals surface area contributed by atoms with Gasteiger partial charge in [-0.25, -0.2) is 0 Å². The van der Waals surface area contributed by atoms with Gasteiger partial charge in [0.2, 0.25) is 0 Å². The third kappa shape index (κ3) is 4.42. The summed E-state index contributed by atoms with van der Waals surface area (Å²) in [6, 6.07) is 19.2. The number of nitrogens with one attached hydrogen (secondary N) is 1. The van der Waals surface area contributed by atoms with E-state index in [1.807, 2.05) is 25.7 Å². The highest BCUT2D eigenvalue weighted by Gasteiger charge is 1.99. The standard InChI is InChI=1S/C17H20N2S/c1-14(19-18-2)16-8-10-17(11-9-16)20-13-12-15-6-4-3-5-7-15/h3-11,18H,12-13H2,1-2H3/b19-14+. The Morgan fingerprint density at radius 2 is 1.75 bits per heavy atom. The van der Waals surface area contributed by atoms with Crippen molar-refractivity contribution >= 4 is 17.5 Å². The van der Waals surface area contributed by atoms with Gasteiger partial charge in [-0.3, -0.25) is 0 Å². The molecule has 104 valence electrons. The van der Waals surface area contributed by atoms with Crippen LogP contribution in [-0.2, 0) is 6.42 Å².